The van der Waals surface area contributed by atoms with Gasteiger partial charge in [0, 0.05) is 20.0 Å². The summed E-state index contributed by atoms with van der Waals surface area (Å²) in [6.45, 7) is 2.62. The second kappa shape index (κ2) is 4.15. The number of Topliss-reactive ketones (excluding diaryl/α,β-unsaturated/α-hetero) is 1. The lowest BCUT2D eigenvalue weighted by molar-refractivity contribution is -0.354. The van der Waals surface area contributed by atoms with Gasteiger partial charge in [-0.2, -0.15) is 9.78 Å². The Morgan fingerprint density at radius 1 is 1.54 bits per heavy atom. The number of methoxy groups -OCH3 is 1. The first-order valence-corrected chi connectivity index (χ1v) is 4.27. The molecular formula is C8H14O5. The van der Waals surface area contributed by atoms with Gasteiger partial charge in [0.15, 0.2) is 5.78 Å². The van der Waals surface area contributed by atoms with Gasteiger partial charge >= 0.3 is 6.48 Å². The standard InChI is InChI=1S/C8H14O5/c1-4-6(9)8(5-2)11-7(10-3)12-13-8/h7H,4-5H2,1-3H3. The van der Waals surface area contributed by atoms with E-state index in [-0.39, 0.29) is 5.78 Å². The number of carbonyl (C=O) groups excluding carboxylic acids is 1. The molecule has 2 unspecified atom stereocenters. The fourth-order valence-corrected chi connectivity index (χ4v) is 1.12. The van der Waals surface area contributed by atoms with Gasteiger partial charge in [0.25, 0.3) is 5.79 Å². The Labute approximate surface area is 76.8 Å². The van der Waals surface area contributed by atoms with Crippen LogP contribution in [0.2, 0.25) is 0 Å². The second-order valence-electron chi connectivity index (χ2n) is 2.70. The van der Waals surface area contributed by atoms with E-state index in [1.54, 1.807) is 13.8 Å². The Morgan fingerprint density at radius 3 is 2.62 bits per heavy atom. The van der Waals surface area contributed by atoms with Crippen molar-refractivity contribution in [2.24, 2.45) is 0 Å². The van der Waals surface area contributed by atoms with E-state index in [1.165, 1.54) is 7.11 Å². The zero-order valence-electron chi connectivity index (χ0n) is 8.03. The molecule has 1 aliphatic heterocycles. The molecule has 0 radical (unpaired) electrons. The zero-order valence-corrected chi connectivity index (χ0v) is 8.03. The average Bonchev–Trinajstić information content (AvgIpc) is 2.61. The Morgan fingerprint density at radius 2 is 2.23 bits per heavy atom. The van der Waals surface area contributed by atoms with Crippen molar-refractivity contribution in [2.45, 2.75) is 39.0 Å². The summed E-state index contributed by atoms with van der Waals surface area (Å²) >= 11 is 0. The van der Waals surface area contributed by atoms with Gasteiger partial charge in [-0.3, -0.25) is 9.53 Å². The highest BCUT2D eigenvalue weighted by molar-refractivity contribution is 5.85. The summed E-state index contributed by atoms with van der Waals surface area (Å²) in [6, 6.07) is 0. The van der Waals surface area contributed by atoms with Crippen LogP contribution in [0.25, 0.3) is 0 Å². The first-order valence-electron chi connectivity index (χ1n) is 4.27. The van der Waals surface area contributed by atoms with Crippen LogP contribution in [0.3, 0.4) is 0 Å². The van der Waals surface area contributed by atoms with Gasteiger partial charge in [-0.1, -0.05) is 13.8 Å². The van der Waals surface area contributed by atoms with Crippen molar-refractivity contribution >= 4 is 5.78 Å². The van der Waals surface area contributed by atoms with Gasteiger partial charge in [0.1, 0.15) is 0 Å². The van der Waals surface area contributed by atoms with Gasteiger partial charge in [-0.15, -0.1) is 0 Å². The van der Waals surface area contributed by atoms with Crippen LogP contribution in [0.5, 0.6) is 0 Å². The number of rotatable bonds is 4. The molecule has 1 rings (SSSR count). The normalized spacial score (nSPS) is 33.6. The van der Waals surface area contributed by atoms with E-state index >= 15 is 0 Å². The predicted octanol–water partition coefficient (Wildman–Crippen LogP) is 0.980. The summed E-state index contributed by atoms with van der Waals surface area (Å²) < 4.78 is 9.93. The van der Waals surface area contributed by atoms with Crippen LogP contribution in [-0.2, 0) is 24.0 Å². The molecule has 0 aromatic rings. The van der Waals surface area contributed by atoms with Crippen LogP contribution in [0, 0.1) is 0 Å². The molecule has 1 heterocycles. The van der Waals surface area contributed by atoms with Crippen LogP contribution in [-0.4, -0.2) is 25.2 Å². The van der Waals surface area contributed by atoms with E-state index in [4.69, 9.17) is 14.4 Å². The first kappa shape index (κ1) is 10.6. The van der Waals surface area contributed by atoms with Crippen LogP contribution in [0.1, 0.15) is 26.7 Å². The highest BCUT2D eigenvalue weighted by atomic mass is 17.3. The molecule has 0 aromatic carbocycles. The third-order valence-corrected chi connectivity index (χ3v) is 1.95. The van der Waals surface area contributed by atoms with Crippen LogP contribution >= 0.6 is 0 Å². The van der Waals surface area contributed by atoms with Crippen molar-refractivity contribution in [2.75, 3.05) is 7.11 Å². The summed E-state index contributed by atoms with van der Waals surface area (Å²) in [4.78, 5) is 21.0. The SMILES string of the molecule is CCC(=O)C1(CC)OOC(OC)O1. The second-order valence-corrected chi connectivity index (χ2v) is 2.70. The summed E-state index contributed by atoms with van der Waals surface area (Å²) in [5, 5.41) is 0. The molecule has 0 saturated carbocycles. The quantitative estimate of drug-likeness (QED) is 0.618. The molecule has 5 nitrogen and oxygen atoms in total. The molecule has 1 aliphatic rings. The van der Waals surface area contributed by atoms with E-state index in [0.717, 1.165) is 0 Å². The van der Waals surface area contributed by atoms with E-state index in [2.05, 4.69) is 4.89 Å². The largest absolute Gasteiger partial charge is 0.331 e. The van der Waals surface area contributed by atoms with Crippen molar-refractivity contribution in [3.63, 3.8) is 0 Å². The Balaban J connectivity index is 2.67. The summed E-state index contributed by atoms with van der Waals surface area (Å²) in [7, 11) is 1.41. The highest BCUT2D eigenvalue weighted by Gasteiger charge is 2.48. The summed E-state index contributed by atoms with van der Waals surface area (Å²) in [6.07, 6.45) is 0.743. The van der Waals surface area contributed by atoms with Crippen LogP contribution in [0.15, 0.2) is 0 Å². The Kier molecular flexibility index (Phi) is 3.38. The van der Waals surface area contributed by atoms with E-state index in [0.29, 0.717) is 12.8 Å². The number of hydrogen-bond acceptors (Lipinski definition) is 5. The van der Waals surface area contributed by atoms with Crippen molar-refractivity contribution < 1.29 is 24.0 Å². The molecule has 1 fully saturated rings. The Hall–Kier alpha value is -0.490. The predicted molar refractivity (Wildman–Crippen MR) is 42.4 cm³/mol. The van der Waals surface area contributed by atoms with Crippen molar-refractivity contribution in [1.29, 1.82) is 0 Å². The number of ketones is 1. The van der Waals surface area contributed by atoms with Crippen molar-refractivity contribution in [3.8, 4) is 0 Å². The molecular weight excluding hydrogens is 176 g/mol. The first-order chi connectivity index (χ1) is 6.18. The molecule has 76 valence electrons. The third kappa shape index (κ3) is 1.88. The summed E-state index contributed by atoms with van der Waals surface area (Å²) in [5.41, 5.74) is 0. The lowest BCUT2D eigenvalue weighted by Crippen LogP contribution is -2.39. The Bertz CT molecular complexity index is 193. The number of hydrogen-bond donors (Lipinski definition) is 0. The monoisotopic (exact) mass is 190 g/mol. The average molecular weight is 190 g/mol. The molecule has 0 N–H and O–H groups in total. The molecule has 0 spiro atoms. The topological polar surface area (TPSA) is 54.0 Å². The maximum absolute atomic E-state index is 11.4. The van der Waals surface area contributed by atoms with Gasteiger partial charge < -0.3 is 4.74 Å². The van der Waals surface area contributed by atoms with Gasteiger partial charge in [-0.25, -0.2) is 0 Å². The maximum Gasteiger partial charge on any atom is 0.304 e. The fraction of sp³-hybridized carbons (Fsp3) is 0.875. The third-order valence-electron chi connectivity index (χ3n) is 1.95. The van der Waals surface area contributed by atoms with E-state index < -0.39 is 12.3 Å². The van der Waals surface area contributed by atoms with E-state index in [1.807, 2.05) is 0 Å². The molecule has 1 saturated heterocycles. The lowest BCUT2D eigenvalue weighted by Gasteiger charge is -2.20. The van der Waals surface area contributed by atoms with Crippen LogP contribution in [0.4, 0.5) is 0 Å². The number of ether oxygens (including phenoxy) is 2. The smallest absolute Gasteiger partial charge is 0.304 e. The lowest BCUT2D eigenvalue weighted by atomic mass is 10.1. The van der Waals surface area contributed by atoms with Crippen LogP contribution < -0.4 is 0 Å². The minimum absolute atomic E-state index is 0.144. The molecule has 13 heavy (non-hydrogen) atoms. The molecule has 0 amide bonds. The van der Waals surface area contributed by atoms with Crippen molar-refractivity contribution in [3.05, 3.63) is 0 Å². The molecule has 0 bridgehead atoms. The molecule has 2 atom stereocenters. The van der Waals surface area contributed by atoms with E-state index in [9.17, 15) is 4.79 Å². The molecule has 5 heteroatoms. The number of carbonyl (C=O) groups is 1. The highest BCUT2D eigenvalue weighted by Crippen LogP contribution is 2.30. The minimum Gasteiger partial charge on any atom is -0.331 e. The minimum atomic E-state index is -1.27. The molecule has 0 aliphatic carbocycles. The van der Waals surface area contributed by atoms with Crippen molar-refractivity contribution in [1.82, 2.24) is 0 Å². The fourth-order valence-electron chi connectivity index (χ4n) is 1.12. The van der Waals surface area contributed by atoms with Gasteiger partial charge in [0.2, 0.25) is 0 Å². The molecule has 0 aromatic heterocycles. The maximum atomic E-state index is 11.4. The van der Waals surface area contributed by atoms with Gasteiger partial charge in [0.05, 0.1) is 0 Å². The zero-order chi connectivity index (χ0) is 9.90. The van der Waals surface area contributed by atoms with Gasteiger partial charge in [-0.05, 0) is 0 Å². The summed E-state index contributed by atoms with van der Waals surface area (Å²) in [5.74, 6) is -1.41.